The van der Waals surface area contributed by atoms with Gasteiger partial charge in [-0.2, -0.15) is 0 Å². The van der Waals surface area contributed by atoms with Crippen LogP contribution >= 0.6 is 36.2 Å². The average molecular weight is 404 g/mol. The van der Waals surface area contributed by atoms with E-state index in [4.69, 9.17) is 5.73 Å². The van der Waals surface area contributed by atoms with Crippen LogP contribution in [0.3, 0.4) is 0 Å². The first-order valence-electron chi connectivity index (χ1n) is 7.91. The van der Waals surface area contributed by atoms with Gasteiger partial charge in [0, 0.05) is 25.0 Å². The van der Waals surface area contributed by atoms with Crippen molar-refractivity contribution in [2.75, 3.05) is 19.6 Å². The first-order chi connectivity index (χ1) is 10.9. The van der Waals surface area contributed by atoms with Crippen LogP contribution in [0.15, 0.2) is 36.5 Å². The maximum Gasteiger partial charge on any atom is 0.265 e. The molecule has 0 spiro atoms. The van der Waals surface area contributed by atoms with E-state index in [1.54, 1.807) is 6.20 Å². The zero-order chi connectivity index (χ0) is 16.9. The lowest BCUT2D eigenvalue weighted by Gasteiger charge is -2.21. The molecule has 0 aliphatic heterocycles. The lowest BCUT2D eigenvalue weighted by atomic mass is 9.98. The molecule has 0 saturated heterocycles. The van der Waals surface area contributed by atoms with Gasteiger partial charge in [-0.25, -0.2) is 4.98 Å². The minimum Gasteiger partial charge on any atom is -0.336 e. The van der Waals surface area contributed by atoms with Gasteiger partial charge in [0.2, 0.25) is 0 Å². The molecule has 1 heterocycles. The fourth-order valence-corrected chi connectivity index (χ4v) is 3.20. The standard InChI is InChI=1S/C18H25N3OS.2ClH/c1-18(2,3)17-20-13-15(23-17)16(22)21(12-10-19)11-9-14-7-5-4-6-8-14;;/h4-8,13H,9-12,19H2,1-3H3;2*1H. The Bertz CT molecular complexity index is 641. The lowest BCUT2D eigenvalue weighted by Crippen LogP contribution is -2.36. The van der Waals surface area contributed by atoms with Gasteiger partial charge in [-0.15, -0.1) is 36.2 Å². The first kappa shape index (κ1) is 23.9. The molecule has 2 aromatic rings. The summed E-state index contributed by atoms with van der Waals surface area (Å²) in [6.07, 6.45) is 2.52. The maximum absolute atomic E-state index is 12.7. The van der Waals surface area contributed by atoms with Gasteiger partial charge >= 0.3 is 0 Å². The summed E-state index contributed by atoms with van der Waals surface area (Å²) in [5.74, 6) is 0.0272. The van der Waals surface area contributed by atoms with E-state index in [2.05, 4.69) is 37.9 Å². The lowest BCUT2D eigenvalue weighted by molar-refractivity contribution is 0.0766. The Morgan fingerprint density at radius 2 is 1.80 bits per heavy atom. The largest absolute Gasteiger partial charge is 0.336 e. The van der Waals surface area contributed by atoms with Crippen LogP contribution in [0, 0.1) is 0 Å². The number of hydrogen-bond acceptors (Lipinski definition) is 4. The molecule has 2 N–H and O–H groups in total. The molecule has 0 aliphatic rings. The molecule has 2 rings (SSSR count). The zero-order valence-corrected chi connectivity index (χ0v) is 17.3. The van der Waals surface area contributed by atoms with Crippen molar-refractivity contribution in [3.63, 3.8) is 0 Å². The predicted octanol–water partition coefficient (Wildman–Crippen LogP) is 3.93. The Morgan fingerprint density at radius 1 is 1.16 bits per heavy atom. The number of halogens is 2. The molecule has 1 aromatic heterocycles. The van der Waals surface area contributed by atoms with Gasteiger partial charge in [0.15, 0.2) is 0 Å². The maximum atomic E-state index is 12.7. The van der Waals surface area contributed by atoms with Crippen molar-refractivity contribution in [2.45, 2.75) is 32.6 Å². The molecule has 1 aromatic carbocycles. The number of rotatable bonds is 6. The van der Waals surface area contributed by atoms with Crippen molar-refractivity contribution >= 4 is 42.1 Å². The fourth-order valence-electron chi connectivity index (χ4n) is 2.26. The molecule has 0 unspecified atom stereocenters. The Morgan fingerprint density at radius 3 is 2.32 bits per heavy atom. The monoisotopic (exact) mass is 403 g/mol. The van der Waals surface area contributed by atoms with E-state index < -0.39 is 0 Å². The van der Waals surface area contributed by atoms with Crippen LogP contribution in [0.5, 0.6) is 0 Å². The molecule has 0 atom stereocenters. The molecule has 1 amide bonds. The molecule has 0 fully saturated rings. The van der Waals surface area contributed by atoms with Gasteiger partial charge in [0.1, 0.15) is 4.88 Å². The molecule has 0 aliphatic carbocycles. The molecule has 0 bridgehead atoms. The average Bonchev–Trinajstić information content (AvgIpc) is 3.02. The third-order valence-electron chi connectivity index (χ3n) is 3.56. The summed E-state index contributed by atoms with van der Waals surface area (Å²) in [7, 11) is 0. The van der Waals surface area contributed by atoms with Crippen molar-refractivity contribution in [3.05, 3.63) is 52.0 Å². The van der Waals surface area contributed by atoms with Crippen molar-refractivity contribution in [2.24, 2.45) is 5.73 Å². The van der Waals surface area contributed by atoms with Gasteiger partial charge in [0.05, 0.1) is 11.2 Å². The van der Waals surface area contributed by atoms with Crippen LogP contribution in [0.2, 0.25) is 0 Å². The second-order valence-electron chi connectivity index (χ2n) is 6.60. The number of nitrogens with zero attached hydrogens (tertiary/aromatic N) is 2. The van der Waals surface area contributed by atoms with E-state index in [9.17, 15) is 4.79 Å². The number of benzene rings is 1. The van der Waals surface area contributed by atoms with E-state index in [1.165, 1.54) is 16.9 Å². The molecule has 0 radical (unpaired) electrons. The van der Waals surface area contributed by atoms with Crippen LogP contribution in [0.1, 0.15) is 41.0 Å². The molecule has 4 nitrogen and oxygen atoms in total. The van der Waals surface area contributed by atoms with Crippen LogP contribution in [0.25, 0.3) is 0 Å². The molecular weight excluding hydrogens is 377 g/mol. The normalized spacial score (nSPS) is 10.6. The van der Waals surface area contributed by atoms with Crippen molar-refractivity contribution in [1.82, 2.24) is 9.88 Å². The van der Waals surface area contributed by atoms with E-state index in [0.29, 0.717) is 24.5 Å². The van der Waals surface area contributed by atoms with E-state index in [-0.39, 0.29) is 36.1 Å². The summed E-state index contributed by atoms with van der Waals surface area (Å²) < 4.78 is 0. The Labute approximate surface area is 166 Å². The third kappa shape index (κ3) is 6.94. The highest BCUT2D eigenvalue weighted by molar-refractivity contribution is 7.13. The summed E-state index contributed by atoms with van der Waals surface area (Å²) in [6, 6.07) is 10.2. The number of aromatic nitrogens is 1. The Balaban J connectivity index is 0.00000288. The second-order valence-corrected chi connectivity index (χ2v) is 7.63. The van der Waals surface area contributed by atoms with Crippen molar-refractivity contribution in [3.8, 4) is 0 Å². The fraction of sp³-hybridized carbons (Fsp3) is 0.444. The zero-order valence-electron chi connectivity index (χ0n) is 14.9. The molecule has 7 heteroatoms. The Hall–Kier alpha value is -1.14. The van der Waals surface area contributed by atoms with E-state index in [0.717, 1.165) is 11.4 Å². The summed E-state index contributed by atoms with van der Waals surface area (Å²) >= 11 is 1.48. The predicted molar refractivity (Wildman–Crippen MR) is 110 cm³/mol. The van der Waals surface area contributed by atoms with Crippen LogP contribution in [-0.2, 0) is 11.8 Å². The van der Waals surface area contributed by atoms with E-state index >= 15 is 0 Å². The van der Waals surface area contributed by atoms with Gasteiger partial charge < -0.3 is 10.6 Å². The highest BCUT2D eigenvalue weighted by Crippen LogP contribution is 2.27. The van der Waals surface area contributed by atoms with Gasteiger partial charge in [-0.1, -0.05) is 51.1 Å². The minimum atomic E-state index is -0.0358. The van der Waals surface area contributed by atoms with E-state index in [1.807, 2.05) is 23.1 Å². The van der Waals surface area contributed by atoms with Gasteiger partial charge in [-0.3, -0.25) is 4.79 Å². The summed E-state index contributed by atoms with van der Waals surface area (Å²) in [5.41, 5.74) is 6.87. The molecule has 140 valence electrons. The number of nitrogens with two attached hydrogens (primary N) is 1. The van der Waals surface area contributed by atoms with Crippen LogP contribution in [0.4, 0.5) is 0 Å². The third-order valence-corrected chi connectivity index (χ3v) is 4.97. The van der Waals surface area contributed by atoms with Gasteiger partial charge in [0.25, 0.3) is 5.91 Å². The summed E-state index contributed by atoms with van der Waals surface area (Å²) in [6.45, 7) is 8.01. The first-order valence-corrected chi connectivity index (χ1v) is 8.73. The number of amides is 1. The summed E-state index contributed by atoms with van der Waals surface area (Å²) in [5, 5.41) is 0.983. The summed E-state index contributed by atoms with van der Waals surface area (Å²) in [4.78, 5) is 19.7. The van der Waals surface area contributed by atoms with Crippen molar-refractivity contribution < 1.29 is 4.79 Å². The quantitative estimate of drug-likeness (QED) is 0.794. The molecular formula is C18H27Cl2N3OS. The van der Waals surface area contributed by atoms with Crippen LogP contribution in [-0.4, -0.2) is 35.4 Å². The molecule has 0 saturated carbocycles. The number of thiazole rings is 1. The second kappa shape index (κ2) is 10.8. The topological polar surface area (TPSA) is 59.2 Å². The minimum absolute atomic E-state index is 0. The number of hydrogen-bond donors (Lipinski definition) is 1. The number of carbonyl (C=O) groups is 1. The Kier molecular flexibility index (Phi) is 10.3. The smallest absolute Gasteiger partial charge is 0.265 e. The SMILES string of the molecule is CC(C)(C)c1ncc(C(=O)N(CCN)CCc2ccccc2)s1.Cl.Cl. The van der Waals surface area contributed by atoms with Gasteiger partial charge in [-0.05, 0) is 12.0 Å². The highest BCUT2D eigenvalue weighted by atomic mass is 35.5. The van der Waals surface area contributed by atoms with Crippen LogP contribution < -0.4 is 5.73 Å². The highest BCUT2D eigenvalue weighted by Gasteiger charge is 2.22. The number of carbonyl (C=O) groups excluding carboxylic acids is 1. The van der Waals surface area contributed by atoms with Crippen molar-refractivity contribution in [1.29, 1.82) is 0 Å². The molecule has 25 heavy (non-hydrogen) atoms.